The number of sulfonamides is 1. The van der Waals surface area contributed by atoms with Crippen LogP contribution < -0.4 is 15.8 Å². The first-order valence-electron chi connectivity index (χ1n) is 5.83. The van der Waals surface area contributed by atoms with Crippen LogP contribution in [0.4, 0.5) is 5.69 Å². The highest BCUT2D eigenvalue weighted by atomic mass is 79.9. The van der Waals surface area contributed by atoms with Crippen LogP contribution in [0.5, 0.6) is 0 Å². The zero-order valence-electron chi connectivity index (χ0n) is 10.3. The Bertz CT molecular complexity index is 625. The molecule has 9 heteroatoms. The van der Waals surface area contributed by atoms with Crippen molar-refractivity contribution in [2.75, 3.05) is 12.3 Å². The van der Waals surface area contributed by atoms with Gasteiger partial charge in [-0.05, 0) is 34.5 Å². The smallest absolute Gasteiger partial charge is 0.243 e. The van der Waals surface area contributed by atoms with Gasteiger partial charge < -0.3 is 11.1 Å². The summed E-state index contributed by atoms with van der Waals surface area (Å²) in [5.41, 5.74) is 5.91. The van der Waals surface area contributed by atoms with E-state index in [0.29, 0.717) is 21.8 Å². The van der Waals surface area contributed by atoms with Gasteiger partial charge in [0.2, 0.25) is 15.9 Å². The topological polar surface area (TPSA) is 101 Å². The first-order valence-corrected chi connectivity index (χ1v) is 8.90. The van der Waals surface area contributed by atoms with Gasteiger partial charge in [-0.1, -0.05) is 15.9 Å². The van der Waals surface area contributed by atoms with E-state index in [1.807, 2.05) is 0 Å². The van der Waals surface area contributed by atoms with Crippen LogP contribution in [0, 0.1) is 0 Å². The first kappa shape index (κ1) is 15.7. The SMILES string of the molecule is Nc1cc(Br)cc(Br)c1S(=O)(=O)NCC1CCC(=O)N1. The van der Waals surface area contributed by atoms with Gasteiger partial charge in [-0.2, -0.15) is 0 Å². The predicted molar refractivity (Wildman–Crippen MR) is 82.6 cm³/mol. The van der Waals surface area contributed by atoms with Crippen LogP contribution >= 0.6 is 31.9 Å². The van der Waals surface area contributed by atoms with E-state index in [-0.39, 0.29) is 29.1 Å². The lowest BCUT2D eigenvalue weighted by molar-refractivity contribution is -0.119. The van der Waals surface area contributed by atoms with Gasteiger partial charge in [-0.25, -0.2) is 13.1 Å². The Morgan fingerprint density at radius 2 is 2.10 bits per heavy atom. The van der Waals surface area contributed by atoms with Gasteiger partial charge in [0, 0.05) is 28.0 Å². The number of benzene rings is 1. The number of amides is 1. The quantitative estimate of drug-likeness (QED) is 0.632. The number of anilines is 1. The van der Waals surface area contributed by atoms with Crippen molar-refractivity contribution >= 4 is 53.5 Å². The summed E-state index contributed by atoms with van der Waals surface area (Å²) in [4.78, 5) is 11.1. The Balaban J connectivity index is 2.16. The van der Waals surface area contributed by atoms with Gasteiger partial charge in [0.1, 0.15) is 4.90 Å². The van der Waals surface area contributed by atoms with Gasteiger partial charge in [0.05, 0.1) is 5.69 Å². The second-order valence-corrected chi connectivity index (χ2v) is 7.93. The molecule has 1 unspecified atom stereocenters. The molecule has 1 atom stereocenters. The van der Waals surface area contributed by atoms with E-state index in [4.69, 9.17) is 5.73 Å². The summed E-state index contributed by atoms with van der Waals surface area (Å²) in [5.74, 6) is -0.0569. The average Bonchev–Trinajstić information content (AvgIpc) is 2.71. The Labute approximate surface area is 133 Å². The highest BCUT2D eigenvalue weighted by Crippen LogP contribution is 2.31. The third-order valence-corrected chi connectivity index (χ3v) is 5.80. The lowest BCUT2D eigenvalue weighted by Gasteiger charge is -2.14. The average molecular weight is 427 g/mol. The molecule has 1 aromatic rings. The number of halogens is 2. The summed E-state index contributed by atoms with van der Waals surface area (Å²) < 4.78 is 28.1. The number of hydrogen-bond acceptors (Lipinski definition) is 4. The Morgan fingerprint density at radius 1 is 1.40 bits per heavy atom. The first-order chi connectivity index (χ1) is 9.29. The maximum Gasteiger partial charge on any atom is 0.243 e. The second-order valence-electron chi connectivity index (χ2n) is 4.46. The maximum absolute atomic E-state index is 12.3. The third kappa shape index (κ3) is 3.51. The van der Waals surface area contributed by atoms with Crippen molar-refractivity contribution < 1.29 is 13.2 Å². The van der Waals surface area contributed by atoms with Gasteiger partial charge >= 0.3 is 0 Å². The number of nitrogen functional groups attached to an aromatic ring is 1. The van der Waals surface area contributed by atoms with Crippen LogP contribution in [0.2, 0.25) is 0 Å². The van der Waals surface area contributed by atoms with Crippen molar-refractivity contribution in [3.05, 3.63) is 21.1 Å². The molecular formula is C11H13Br2N3O3S. The number of nitrogens with one attached hydrogen (secondary N) is 2. The largest absolute Gasteiger partial charge is 0.398 e. The molecule has 110 valence electrons. The van der Waals surface area contributed by atoms with Crippen molar-refractivity contribution in [1.29, 1.82) is 0 Å². The fourth-order valence-electron chi connectivity index (χ4n) is 1.98. The molecule has 0 radical (unpaired) electrons. The lowest BCUT2D eigenvalue weighted by Crippen LogP contribution is -2.38. The number of rotatable bonds is 4. The molecule has 1 amide bonds. The van der Waals surface area contributed by atoms with E-state index in [1.54, 1.807) is 6.07 Å². The van der Waals surface area contributed by atoms with Gasteiger partial charge in [-0.15, -0.1) is 0 Å². The van der Waals surface area contributed by atoms with E-state index in [2.05, 4.69) is 41.9 Å². The summed E-state index contributed by atoms with van der Waals surface area (Å²) in [7, 11) is -3.74. The minimum atomic E-state index is -3.74. The molecule has 20 heavy (non-hydrogen) atoms. The normalized spacial score (nSPS) is 19.1. The number of carbonyl (C=O) groups excluding carboxylic acids is 1. The summed E-state index contributed by atoms with van der Waals surface area (Å²) in [6.45, 7) is 0.149. The van der Waals surface area contributed by atoms with E-state index >= 15 is 0 Å². The monoisotopic (exact) mass is 425 g/mol. The van der Waals surface area contributed by atoms with E-state index in [1.165, 1.54) is 6.07 Å². The fraction of sp³-hybridized carbons (Fsp3) is 0.364. The number of hydrogen-bond donors (Lipinski definition) is 3. The Hall–Kier alpha value is -0.640. The van der Waals surface area contributed by atoms with Crippen LogP contribution in [-0.4, -0.2) is 26.9 Å². The molecule has 0 bridgehead atoms. The molecule has 0 spiro atoms. The summed E-state index contributed by atoms with van der Waals surface area (Å²) in [6, 6.07) is 2.96. The molecule has 1 aliphatic heterocycles. The van der Waals surface area contributed by atoms with Crippen molar-refractivity contribution in [1.82, 2.24) is 10.0 Å². The predicted octanol–water partition coefficient (Wildman–Crippen LogP) is 1.35. The molecule has 1 saturated heterocycles. The maximum atomic E-state index is 12.3. The summed E-state index contributed by atoms with van der Waals surface area (Å²) in [5, 5.41) is 2.70. The van der Waals surface area contributed by atoms with Crippen molar-refractivity contribution in [3.63, 3.8) is 0 Å². The lowest BCUT2D eigenvalue weighted by atomic mass is 10.2. The molecule has 2 rings (SSSR count). The van der Waals surface area contributed by atoms with Crippen molar-refractivity contribution in [3.8, 4) is 0 Å². The molecule has 6 nitrogen and oxygen atoms in total. The van der Waals surface area contributed by atoms with Crippen LogP contribution in [0.1, 0.15) is 12.8 Å². The standard InChI is InChI=1S/C11H13Br2N3O3S/c12-6-3-8(13)11(9(14)4-6)20(18,19)15-5-7-1-2-10(17)16-7/h3-4,7,15H,1-2,5,14H2,(H,16,17). The summed E-state index contributed by atoms with van der Waals surface area (Å²) >= 11 is 6.44. The number of carbonyl (C=O) groups is 1. The molecule has 0 aliphatic carbocycles. The van der Waals surface area contributed by atoms with Gasteiger partial charge in [-0.3, -0.25) is 4.79 Å². The second kappa shape index (κ2) is 6.00. The zero-order chi connectivity index (χ0) is 14.9. The molecule has 1 heterocycles. The minimum Gasteiger partial charge on any atom is -0.398 e. The van der Waals surface area contributed by atoms with Crippen LogP contribution in [0.15, 0.2) is 26.0 Å². The van der Waals surface area contributed by atoms with Gasteiger partial charge in [0.25, 0.3) is 0 Å². The fourth-order valence-corrected chi connectivity index (χ4v) is 5.12. The number of nitrogens with two attached hydrogens (primary N) is 1. The minimum absolute atomic E-state index is 0.00465. The third-order valence-electron chi connectivity index (χ3n) is 2.91. The summed E-state index contributed by atoms with van der Waals surface area (Å²) in [6.07, 6.45) is 1.05. The van der Waals surface area contributed by atoms with E-state index < -0.39 is 10.0 Å². The van der Waals surface area contributed by atoms with Crippen molar-refractivity contribution in [2.24, 2.45) is 0 Å². The van der Waals surface area contributed by atoms with Gasteiger partial charge in [0.15, 0.2) is 0 Å². The van der Waals surface area contributed by atoms with Crippen molar-refractivity contribution in [2.45, 2.75) is 23.8 Å². The zero-order valence-corrected chi connectivity index (χ0v) is 14.3. The highest BCUT2D eigenvalue weighted by Gasteiger charge is 2.25. The molecular weight excluding hydrogens is 414 g/mol. The van der Waals surface area contributed by atoms with Crippen LogP contribution in [-0.2, 0) is 14.8 Å². The van der Waals surface area contributed by atoms with Crippen LogP contribution in [0.25, 0.3) is 0 Å². The molecule has 1 fully saturated rings. The highest BCUT2D eigenvalue weighted by molar-refractivity contribution is 9.11. The Morgan fingerprint density at radius 3 is 2.65 bits per heavy atom. The van der Waals surface area contributed by atoms with E-state index in [0.717, 1.165) is 0 Å². The molecule has 0 saturated carbocycles. The molecule has 4 N–H and O–H groups in total. The van der Waals surface area contributed by atoms with E-state index in [9.17, 15) is 13.2 Å². The Kier molecular flexibility index (Phi) is 4.73. The van der Waals surface area contributed by atoms with Crippen LogP contribution in [0.3, 0.4) is 0 Å². The molecule has 1 aliphatic rings. The molecule has 1 aromatic carbocycles. The molecule has 0 aromatic heterocycles.